The summed E-state index contributed by atoms with van der Waals surface area (Å²) in [5, 5.41) is 11.9. The van der Waals surface area contributed by atoms with Crippen molar-refractivity contribution in [3.8, 4) is 6.07 Å². The van der Waals surface area contributed by atoms with Gasteiger partial charge in [0.15, 0.2) is 0 Å². The summed E-state index contributed by atoms with van der Waals surface area (Å²) in [6, 6.07) is 5.34. The minimum atomic E-state index is -4.63. The van der Waals surface area contributed by atoms with Crippen LogP contribution in [-0.2, 0) is 15.8 Å². The van der Waals surface area contributed by atoms with Gasteiger partial charge in [-0.15, -0.1) is 0 Å². The number of amides is 2. The zero-order chi connectivity index (χ0) is 24.3. The second-order valence-corrected chi connectivity index (χ2v) is 9.23. The van der Waals surface area contributed by atoms with E-state index in [4.69, 9.17) is 5.26 Å². The fourth-order valence-corrected chi connectivity index (χ4v) is 5.07. The fourth-order valence-electron chi connectivity index (χ4n) is 5.07. The van der Waals surface area contributed by atoms with Gasteiger partial charge < -0.3 is 15.1 Å². The monoisotopic (exact) mass is 464 g/mol. The Morgan fingerprint density at radius 1 is 1.21 bits per heavy atom. The van der Waals surface area contributed by atoms with Crippen LogP contribution in [0.1, 0.15) is 44.7 Å². The van der Waals surface area contributed by atoms with Gasteiger partial charge in [0.2, 0.25) is 11.8 Å². The van der Waals surface area contributed by atoms with Crippen LogP contribution in [0.2, 0.25) is 0 Å². The molecule has 9 heteroatoms. The quantitative estimate of drug-likeness (QED) is 0.722. The molecule has 2 fully saturated rings. The molecule has 0 radical (unpaired) electrons. The number of piperidine rings is 1. The first-order valence-electron chi connectivity index (χ1n) is 11.5. The molecule has 6 nitrogen and oxygen atoms in total. The average molecular weight is 465 g/mol. The lowest BCUT2D eigenvalue weighted by Gasteiger charge is -2.37. The highest BCUT2D eigenvalue weighted by molar-refractivity contribution is 5.81. The minimum absolute atomic E-state index is 0.0159. The lowest BCUT2D eigenvalue weighted by molar-refractivity contribution is -0.138. The third kappa shape index (κ3) is 5.43. The molecule has 2 heterocycles. The number of carbonyl (C=O) groups excluding carboxylic acids is 2. The summed E-state index contributed by atoms with van der Waals surface area (Å²) in [5.41, 5.74) is -1.00. The average Bonchev–Trinajstić information content (AvgIpc) is 3.23. The van der Waals surface area contributed by atoms with E-state index in [9.17, 15) is 22.8 Å². The van der Waals surface area contributed by atoms with Crippen molar-refractivity contribution < 1.29 is 22.8 Å². The Morgan fingerprint density at radius 2 is 1.88 bits per heavy atom. The van der Waals surface area contributed by atoms with Gasteiger partial charge in [0.25, 0.3) is 0 Å². The van der Waals surface area contributed by atoms with Crippen molar-refractivity contribution in [1.82, 2.24) is 10.2 Å². The van der Waals surface area contributed by atoms with E-state index in [1.54, 1.807) is 6.07 Å². The summed E-state index contributed by atoms with van der Waals surface area (Å²) in [6.45, 7) is 8.14. The molecule has 2 atom stereocenters. The Morgan fingerprint density at radius 3 is 2.42 bits per heavy atom. The molecule has 0 aliphatic carbocycles. The van der Waals surface area contributed by atoms with Gasteiger partial charge in [0.05, 0.1) is 23.1 Å². The molecule has 2 saturated heterocycles. The second kappa shape index (κ2) is 10.0. The topological polar surface area (TPSA) is 76.4 Å². The van der Waals surface area contributed by atoms with Crippen molar-refractivity contribution in [2.75, 3.05) is 37.6 Å². The lowest BCUT2D eigenvalue weighted by Crippen LogP contribution is -2.44. The van der Waals surface area contributed by atoms with E-state index < -0.39 is 17.3 Å². The number of hydrogen-bond donors (Lipinski definition) is 1. The van der Waals surface area contributed by atoms with E-state index >= 15 is 0 Å². The standard InChI is InChI=1S/C24H31F3N4O2/c1-4-29-22(32)20-14-31(18-6-5-17(12-28)21(11-18)24(25,26)27)13-19(20)16-7-9-30(10-8-16)23(33)15(2)3/h5-6,11,15-16,19-20H,4,7-10,13-14H2,1-3H3,(H,29,32)/t19-,20+/m0/s1. The van der Waals surface area contributed by atoms with Gasteiger partial charge in [-0.05, 0) is 49.8 Å². The number of anilines is 1. The number of nitrogens with one attached hydrogen (secondary N) is 1. The molecule has 0 bridgehead atoms. The van der Waals surface area contributed by atoms with Crippen molar-refractivity contribution in [2.24, 2.45) is 23.7 Å². The van der Waals surface area contributed by atoms with Gasteiger partial charge in [-0.2, -0.15) is 18.4 Å². The maximum Gasteiger partial charge on any atom is 0.417 e. The summed E-state index contributed by atoms with van der Waals surface area (Å²) >= 11 is 0. The minimum Gasteiger partial charge on any atom is -0.370 e. The molecule has 2 amide bonds. The molecular weight excluding hydrogens is 433 g/mol. The van der Waals surface area contributed by atoms with Crippen LogP contribution in [0.15, 0.2) is 18.2 Å². The molecule has 1 aromatic carbocycles. The molecule has 180 valence electrons. The van der Waals surface area contributed by atoms with E-state index in [1.165, 1.54) is 12.1 Å². The van der Waals surface area contributed by atoms with Crippen LogP contribution >= 0.6 is 0 Å². The van der Waals surface area contributed by atoms with Crippen LogP contribution in [0.25, 0.3) is 0 Å². The summed E-state index contributed by atoms with van der Waals surface area (Å²) in [7, 11) is 0. The third-order valence-electron chi connectivity index (χ3n) is 6.80. The van der Waals surface area contributed by atoms with Crippen molar-refractivity contribution in [3.63, 3.8) is 0 Å². The third-order valence-corrected chi connectivity index (χ3v) is 6.80. The number of carbonyl (C=O) groups is 2. The molecule has 0 saturated carbocycles. The molecule has 2 aliphatic rings. The first kappa shape index (κ1) is 24.9. The molecule has 0 spiro atoms. The summed E-state index contributed by atoms with van der Waals surface area (Å²) in [6.07, 6.45) is -3.09. The SMILES string of the molecule is CCNC(=O)[C@@H]1CN(c2ccc(C#N)c(C(F)(F)F)c2)C[C@H]1C1CCN(C(=O)C(C)C)CC1. The number of alkyl halides is 3. The molecule has 2 aliphatic heterocycles. The molecule has 1 N–H and O–H groups in total. The van der Waals surface area contributed by atoms with Gasteiger partial charge in [0, 0.05) is 44.3 Å². The number of hydrogen-bond acceptors (Lipinski definition) is 4. The largest absolute Gasteiger partial charge is 0.417 e. The van der Waals surface area contributed by atoms with Crippen LogP contribution in [-0.4, -0.2) is 49.4 Å². The van der Waals surface area contributed by atoms with E-state index in [0.29, 0.717) is 38.4 Å². The Balaban J connectivity index is 1.82. The fraction of sp³-hybridized carbons (Fsp3) is 0.625. The predicted octanol–water partition coefficient (Wildman–Crippen LogP) is 3.66. The second-order valence-electron chi connectivity index (χ2n) is 9.23. The lowest BCUT2D eigenvalue weighted by atomic mass is 9.78. The van der Waals surface area contributed by atoms with Gasteiger partial charge >= 0.3 is 6.18 Å². The van der Waals surface area contributed by atoms with Gasteiger partial charge in [-0.1, -0.05) is 13.8 Å². The van der Waals surface area contributed by atoms with Crippen molar-refractivity contribution in [2.45, 2.75) is 39.8 Å². The molecule has 1 aromatic rings. The zero-order valence-corrected chi connectivity index (χ0v) is 19.3. The van der Waals surface area contributed by atoms with Crippen LogP contribution in [0, 0.1) is 35.0 Å². The van der Waals surface area contributed by atoms with Crippen molar-refractivity contribution >= 4 is 17.5 Å². The smallest absolute Gasteiger partial charge is 0.370 e. The summed E-state index contributed by atoms with van der Waals surface area (Å²) < 4.78 is 40.4. The molecule has 0 unspecified atom stereocenters. The Kier molecular flexibility index (Phi) is 7.55. The van der Waals surface area contributed by atoms with Crippen LogP contribution in [0.5, 0.6) is 0 Å². The van der Waals surface area contributed by atoms with Crippen LogP contribution in [0.3, 0.4) is 0 Å². The number of nitriles is 1. The number of benzene rings is 1. The van der Waals surface area contributed by atoms with Crippen molar-refractivity contribution in [3.05, 3.63) is 29.3 Å². The van der Waals surface area contributed by atoms with Crippen LogP contribution in [0.4, 0.5) is 18.9 Å². The van der Waals surface area contributed by atoms with Gasteiger partial charge in [-0.25, -0.2) is 0 Å². The van der Waals surface area contributed by atoms with E-state index in [0.717, 1.165) is 18.9 Å². The molecule has 0 aromatic heterocycles. The predicted molar refractivity (Wildman–Crippen MR) is 118 cm³/mol. The Labute approximate surface area is 192 Å². The highest BCUT2D eigenvalue weighted by Crippen LogP contribution is 2.40. The first-order valence-corrected chi connectivity index (χ1v) is 11.5. The number of nitrogens with zero attached hydrogens (tertiary/aromatic N) is 3. The number of halogens is 3. The number of rotatable bonds is 5. The van der Waals surface area contributed by atoms with Crippen LogP contribution < -0.4 is 10.2 Å². The number of likely N-dealkylation sites (tertiary alicyclic amines) is 1. The van der Waals surface area contributed by atoms with E-state index in [1.807, 2.05) is 30.6 Å². The first-order chi connectivity index (χ1) is 15.6. The molecule has 33 heavy (non-hydrogen) atoms. The highest BCUT2D eigenvalue weighted by atomic mass is 19.4. The summed E-state index contributed by atoms with van der Waals surface area (Å²) in [5.74, 6) is -0.176. The van der Waals surface area contributed by atoms with E-state index in [2.05, 4.69) is 5.32 Å². The Hall–Kier alpha value is -2.76. The Bertz CT molecular complexity index is 917. The van der Waals surface area contributed by atoms with E-state index in [-0.39, 0.29) is 35.5 Å². The summed E-state index contributed by atoms with van der Waals surface area (Å²) in [4.78, 5) is 28.9. The maximum atomic E-state index is 13.5. The highest BCUT2D eigenvalue weighted by Gasteiger charge is 2.43. The molecule has 3 rings (SSSR count). The van der Waals surface area contributed by atoms with Crippen molar-refractivity contribution in [1.29, 1.82) is 5.26 Å². The van der Waals surface area contributed by atoms with Gasteiger partial charge in [0.1, 0.15) is 0 Å². The van der Waals surface area contributed by atoms with Gasteiger partial charge in [-0.3, -0.25) is 9.59 Å². The normalized spacial score (nSPS) is 21.9. The zero-order valence-electron chi connectivity index (χ0n) is 19.3. The maximum absolute atomic E-state index is 13.5. The molecular formula is C24H31F3N4O2.